The van der Waals surface area contributed by atoms with Gasteiger partial charge in [0.15, 0.2) is 0 Å². The van der Waals surface area contributed by atoms with Crippen LogP contribution in [0.3, 0.4) is 0 Å². The van der Waals surface area contributed by atoms with Crippen LogP contribution in [0.2, 0.25) is 0 Å². The highest BCUT2D eigenvalue weighted by molar-refractivity contribution is 8.31. The fraction of sp³-hybridized carbons (Fsp3) is 0.185. The summed E-state index contributed by atoms with van der Waals surface area (Å²) < 4.78 is 15.1. The first-order valence-corrected chi connectivity index (χ1v) is 24.1. The van der Waals surface area contributed by atoms with Crippen LogP contribution in [0.1, 0.15) is 40.0 Å². The number of fused-ring (bicyclic) bond motifs is 7. The molecule has 0 amide bonds. The van der Waals surface area contributed by atoms with E-state index in [1.165, 1.54) is 43.4 Å². The number of para-hydroxylation sites is 1. The molecule has 1 N–H and O–H groups in total. The van der Waals surface area contributed by atoms with Gasteiger partial charge in [-0.15, -0.1) is 11.3 Å². The van der Waals surface area contributed by atoms with Crippen molar-refractivity contribution < 1.29 is 4.39 Å². The Labute approximate surface area is 450 Å². The summed E-state index contributed by atoms with van der Waals surface area (Å²) in [6.45, 7) is 1.00. The molecule has 0 aliphatic carbocycles. The highest BCUT2D eigenvalue weighted by atomic mass is 32.1. The van der Waals surface area contributed by atoms with Crippen LogP contribution in [0, 0.1) is 5.82 Å². The number of benzene rings is 3. The lowest BCUT2D eigenvalue weighted by molar-refractivity contribution is 0.128. The van der Waals surface area contributed by atoms with Crippen molar-refractivity contribution in [2.75, 3.05) is 6.54 Å². The van der Waals surface area contributed by atoms with Crippen LogP contribution < -0.4 is 0 Å². The number of halogens is 1. The number of rotatable bonds is 18. The topological polar surface area (TPSA) is 19.0 Å². The molecule has 0 bridgehead atoms. The molecule has 2 aliphatic rings. The summed E-state index contributed by atoms with van der Waals surface area (Å²) in [5.74, 6) is -0.183. The summed E-state index contributed by atoms with van der Waals surface area (Å²) in [6, 6.07) is 23.2. The molecule has 4 heterocycles. The van der Waals surface area contributed by atoms with Crippen LogP contribution in [0.15, 0.2) is 72.1 Å². The summed E-state index contributed by atoms with van der Waals surface area (Å²) in [7, 11) is 124. The van der Waals surface area contributed by atoms with Gasteiger partial charge >= 0.3 is 0 Å². The summed E-state index contributed by atoms with van der Waals surface area (Å²) in [4.78, 5) is 6.36. The Balaban J connectivity index is 0.000000229. The molecule has 0 saturated carbocycles. The first-order chi connectivity index (χ1) is 32.5. The van der Waals surface area contributed by atoms with Crippen molar-refractivity contribution in [3.63, 3.8) is 0 Å². The van der Waals surface area contributed by atoms with Gasteiger partial charge in [-0.3, -0.25) is 4.90 Å². The van der Waals surface area contributed by atoms with Crippen LogP contribution in [-0.4, -0.2) is 286 Å². The number of thiophene rings is 1. The van der Waals surface area contributed by atoms with Gasteiger partial charge in [0.1, 0.15) is 5.82 Å². The molecular formula is C27H21B38FN2S. The third-order valence-corrected chi connectivity index (χ3v) is 15.6. The fourth-order valence-corrected chi connectivity index (χ4v) is 12.7. The fourth-order valence-electron chi connectivity index (χ4n) is 11.9. The standard InChI is InChI=1S/C27H21FN2S.B38/c28-19-7-5-16(6-8-19)27-26-22(20-3-1-2-4-23(20)29-26)14-24-21-15-25-18(10-12-31-25)13-17(21)9-11-30(24)27;1-21(2)31(22(3)4)36(32(23(5)6)24(7)8)38(35(29(17)18)30(19)20)37(33(25(9)10)26(11)12)34(27(13)14)28(15)16/h1-8,10,12-13,15,24,27,29H,9,11,14H2;. The van der Waals surface area contributed by atoms with E-state index in [1.807, 2.05) is 23.5 Å². The van der Waals surface area contributed by atoms with Gasteiger partial charge in [-0.2, -0.15) is 0 Å². The van der Waals surface area contributed by atoms with Crippen molar-refractivity contribution in [2.24, 2.45) is 0 Å². The lowest BCUT2D eigenvalue weighted by atomic mass is 8.28. The molecular weight excluding hydrogens is 814 g/mol. The average molecular weight is 835 g/mol. The van der Waals surface area contributed by atoms with Gasteiger partial charge in [0.25, 0.3) is 0 Å². The number of H-pyrrole nitrogens is 1. The molecule has 42 heteroatoms. The number of aromatic nitrogens is 1. The number of nitrogens with zero attached hydrogens (tertiary/aromatic N) is 1. The van der Waals surface area contributed by atoms with E-state index in [2.05, 4.69) is 57.7 Å². The molecule has 2 aliphatic heterocycles. The molecule has 7 rings (SSSR count). The van der Waals surface area contributed by atoms with E-state index in [9.17, 15) is 4.39 Å². The van der Waals surface area contributed by atoms with E-state index in [1.54, 1.807) is 12.1 Å². The van der Waals surface area contributed by atoms with E-state index in [4.69, 9.17) is 155 Å². The minimum absolute atomic E-state index is 0.105. The molecule has 266 valence electrons. The van der Waals surface area contributed by atoms with Gasteiger partial charge < -0.3 is 4.98 Å². The van der Waals surface area contributed by atoms with E-state index < -0.39 is 115 Å². The number of nitrogens with one attached hydrogen (secondary N) is 1. The quantitative estimate of drug-likeness (QED) is 0.0872. The summed E-state index contributed by atoms with van der Waals surface area (Å²) in [6.07, 6.45) is -18.0. The zero-order chi connectivity index (χ0) is 50.9. The van der Waals surface area contributed by atoms with E-state index in [0.717, 1.165) is 24.9 Å². The number of hydrogen-bond acceptors (Lipinski definition) is 2. The van der Waals surface area contributed by atoms with Crippen LogP contribution in [0.25, 0.3) is 21.0 Å². The highest BCUT2D eigenvalue weighted by Gasteiger charge is 2.56. The number of hydrogen-bond donors (Lipinski definition) is 1. The Morgan fingerprint density at radius 1 is 0.522 bits per heavy atom. The Morgan fingerprint density at radius 3 is 1.41 bits per heavy atom. The Bertz CT molecular complexity index is 2290. The van der Waals surface area contributed by atoms with Crippen molar-refractivity contribution >= 4 is 302 Å². The maximum Gasteiger partial charge on any atom is 0.123 e. The van der Waals surface area contributed by atoms with Gasteiger partial charge in [-0.05, 0) is 82.3 Å². The Morgan fingerprint density at radius 2 is 0.957 bits per heavy atom. The lowest BCUT2D eigenvalue weighted by Crippen LogP contribution is -2.92. The van der Waals surface area contributed by atoms with Gasteiger partial charge in [0.05, 0.1) is 6.04 Å². The zero-order valence-electron chi connectivity index (χ0n) is 38.9. The monoisotopic (exact) mass is 842 g/mol. The van der Waals surface area contributed by atoms with E-state index >= 15 is 0 Å². The SMILES string of the molecule is Fc1ccc(C2c3[nH]c4ccccc4c3CC3c4cc5sccc5cc4CCN32)cc1.[B]B([B])B(B([B])[B])B(B(B([B])[B])B([B])[B])B(B(B([B])[B])B([B])[B])B(B(B([B])[B])B([B])[B])B(B([B])[B])B([B])[B]. The van der Waals surface area contributed by atoms with E-state index in [-0.39, 0.29) is 11.9 Å². The Kier molecular flexibility index (Phi) is 20.9. The second-order valence-corrected chi connectivity index (χ2v) is 20.1. The minimum atomic E-state index is -1.20. The zero-order valence-corrected chi connectivity index (χ0v) is 39.7. The molecule has 69 heavy (non-hydrogen) atoms. The predicted octanol–water partition coefficient (Wildman–Crippen LogP) is -7.70. The van der Waals surface area contributed by atoms with Gasteiger partial charge in [0, 0.05) is 304 Å². The molecule has 0 saturated heterocycles. The summed E-state index contributed by atoms with van der Waals surface area (Å²) in [5.41, 5.74) is 7.96. The van der Waals surface area contributed by atoms with Crippen molar-refractivity contribution in [1.82, 2.24) is 9.88 Å². The van der Waals surface area contributed by atoms with Gasteiger partial charge in [-0.1, -0.05) is 30.3 Å². The molecule has 2 nitrogen and oxygen atoms in total. The van der Waals surface area contributed by atoms with Crippen molar-refractivity contribution in [3.05, 3.63) is 106 Å². The van der Waals surface area contributed by atoms with Crippen LogP contribution in [0.5, 0.6) is 0 Å². The Hall–Kier alpha value is -0.482. The van der Waals surface area contributed by atoms with E-state index in [0.29, 0.717) is 6.04 Å². The van der Waals surface area contributed by atoms with Gasteiger partial charge in [0.2, 0.25) is 0 Å². The molecule has 0 fully saturated rings. The first kappa shape index (κ1) is 57.8. The van der Waals surface area contributed by atoms with Gasteiger partial charge in [-0.25, -0.2) is 4.39 Å². The molecule has 2 aromatic heterocycles. The van der Waals surface area contributed by atoms with Crippen LogP contribution in [0.4, 0.5) is 4.39 Å². The van der Waals surface area contributed by atoms with Crippen LogP contribution in [-0.2, 0) is 12.8 Å². The second kappa shape index (κ2) is 24.9. The molecule has 5 aromatic rings. The molecule has 2 atom stereocenters. The predicted molar refractivity (Wildman–Crippen MR) is 344 cm³/mol. The van der Waals surface area contributed by atoms with Crippen molar-refractivity contribution in [1.29, 1.82) is 0 Å². The molecule has 0 spiro atoms. The third kappa shape index (κ3) is 12.6. The first-order valence-electron chi connectivity index (χ1n) is 23.2. The second-order valence-electron chi connectivity index (χ2n) is 19.1. The molecule has 3 aromatic carbocycles. The summed E-state index contributed by atoms with van der Waals surface area (Å²) >= 11 is 1.82. The lowest BCUT2D eigenvalue weighted by Gasteiger charge is -2.53. The largest absolute Gasteiger partial charge is 0.357 e. The van der Waals surface area contributed by atoms with Crippen molar-refractivity contribution in [3.8, 4) is 0 Å². The molecule has 40 radical (unpaired) electrons. The number of aromatic amines is 1. The maximum atomic E-state index is 13.7. The average Bonchev–Trinajstić information content (AvgIpc) is 3.87. The van der Waals surface area contributed by atoms with Crippen molar-refractivity contribution in [2.45, 2.75) is 24.9 Å². The molecule has 2 unspecified atom stereocenters. The maximum absolute atomic E-state index is 13.7. The van der Waals surface area contributed by atoms with Crippen LogP contribution >= 0.6 is 11.3 Å². The smallest absolute Gasteiger partial charge is 0.123 e. The highest BCUT2D eigenvalue weighted by Crippen LogP contribution is 2.49. The summed E-state index contributed by atoms with van der Waals surface area (Å²) in [5, 5.41) is 4.86. The third-order valence-electron chi connectivity index (χ3n) is 14.7. The normalized spacial score (nSPS) is 14.5. The minimum Gasteiger partial charge on any atom is -0.357 e.